The van der Waals surface area contributed by atoms with Gasteiger partial charge in [-0.3, -0.25) is 4.59 Å². The number of hydrogen-bond donors (Lipinski definition) is 2. The molecule has 0 bridgehead atoms. The van der Waals surface area contributed by atoms with E-state index < -0.39 is 0 Å². The van der Waals surface area contributed by atoms with E-state index in [1.807, 2.05) is 21.1 Å². The Morgan fingerprint density at radius 1 is 1.00 bits per heavy atom. The van der Waals surface area contributed by atoms with Gasteiger partial charge in [0, 0.05) is 0 Å². The van der Waals surface area contributed by atoms with Crippen LogP contribution in [0.1, 0.15) is 0 Å². The fourth-order valence-corrected chi connectivity index (χ4v) is 0. The van der Waals surface area contributed by atoms with Crippen molar-refractivity contribution < 1.29 is 44.2 Å². The molecule has 3 N–H and O–H groups in total. The van der Waals surface area contributed by atoms with Crippen LogP contribution in [0.3, 0.4) is 0 Å². The number of quaternary nitrogens is 2. The van der Waals surface area contributed by atoms with Crippen molar-refractivity contribution in [3.63, 3.8) is 0 Å². The van der Waals surface area contributed by atoms with Crippen LogP contribution >= 0.6 is 0 Å². The SMILES string of the molecule is C[N+](C)(C)N.C[NH+](C)C.C[O-].[Na+]. The van der Waals surface area contributed by atoms with E-state index >= 15 is 0 Å². The van der Waals surface area contributed by atoms with Crippen molar-refractivity contribution in [2.24, 2.45) is 5.84 Å². The van der Waals surface area contributed by atoms with Gasteiger partial charge in [0.2, 0.25) is 0 Å². The van der Waals surface area contributed by atoms with Crippen LogP contribution in [-0.4, -0.2) is 54.0 Å². The van der Waals surface area contributed by atoms with E-state index in [9.17, 15) is 0 Å². The summed E-state index contributed by atoms with van der Waals surface area (Å²) in [7, 11) is 12.7. The molecule has 0 aliphatic rings. The number of nitrogens with zero attached hydrogens (tertiary/aromatic N) is 1. The maximum Gasteiger partial charge on any atom is 1.00 e. The second-order valence-corrected chi connectivity index (χ2v) is 3.62. The Bertz CT molecular complexity index is 55.4. The second-order valence-electron chi connectivity index (χ2n) is 3.62. The molecule has 0 aliphatic heterocycles. The van der Waals surface area contributed by atoms with Crippen molar-refractivity contribution in [2.75, 3.05) is 49.4 Å². The molecule has 0 unspecified atom stereocenters. The first-order valence-electron chi connectivity index (χ1n) is 3.51. The van der Waals surface area contributed by atoms with E-state index in [0.29, 0.717) is 4.59 Å². The molecule has 0 rings (SSSR count). The standard InChI is InChI=1S/C3H11N2.C3H9N.CH3O.Na/c1-5(2,3)4;1-4(2)3;1-2;/h4H2,1-3H3;1-3H3;1H3;/q+1;;-1;+1/p+1. The molecule has 0 radical (unpaired) electrons. The van der Waals surface area contributed by atoms with Crippen molar-refractivity contribution in [1.82, 2.24) is 0 Å². The summed E-state index contributed by atoms with van der Waals surface area (Å²) in [5.74, 6) is 5.29. The number of nitrogens with two attached hydrogens (primary N) is 1. The second kappa shape index (κ2) is 14.4. The Kier molecular flexibility index (Phi) is 27.6. The summed E-state index contributed by atoms with van der Waals surface area (Å²) in [6, 6.07) is 0. The summed E-state index contributed by atoms with van der Waals surface area (Å²) in [5.41, 5.74) is 0. The Balaban J connectivity index is -0.0000000419. The number of rotatable bonds is 0. The molecular formula is C7H24N3NaO+2. The summed E-state index contributed by atoms with van der Waals surface area (Å²) in [6.45, 7) is 0. The maximum atomic E-state index is 8.25. The van der Waals surface area contributed by atoms with Crippen LogP contribution in [0.4, 0.5) is 0 Å². The van der Waals surface area contributed by atoms with Gasteiger partial charge in [0.05, 0.1) is 42.3 Å². The van der Waals surface area contributed by atoms with Gasteiger partial charge in [-0.05, 0) is 0 Å². The van der Waals surface area contributed by atoms with Crippen LogP contribution in [0.15, 0.2) is 0 Å². The van der Waals surface area contributed by atoms with Crippen LogP contribution in [0.2, 0.25) is 0 Å². The van der Waals surface area contributed by atoms with Gasteiger partial charge in [-0.2, -0.15) is 13.0 Å². The molecule has 0 aromatic carbocycles. The zero-order valence-electron chi connectivity index (χ0n) is 9.93. The minimum atomic E-state index is 0. The Hall–Kier alpha value is 0.840. The number of nitrogens with one attached hydrogen (secondary N) is 1. The Labute approximate surface area is 99.2 Å². The van der Waals surface area contributed by atoms with Crippen molar-refractivity contribution in [3.8, 4) is 0 Å². The van der Waals surface area contributed by atoms with E-state index in [4.69, 9.17) is 10.9 Å². The molecule has 0 spiro atoms. The van der Waals surface area contributed by atoms with Gasteiger partial charge in [0.25, 0.3) is 0 Å². The Morgan fingerprint density at radius 2 is 1.00 bits per heavy atom. The molecule has 0 aromatic heterocycles. The van der Waals surface area contributed by atoms with Crippen molar-refractivity contribution >= 4 is 0 Å². The minimum absolute atomic E-state index is 0. The van der Waals surface area contributed by atoms with Crippen LogP contribution < -0.4 is 45.4 Å². The summed E-state index contributed by atoms with van der Waals surface area (Å²) >= 11 is 0. The third-order valence-corrected chi connectivity index (χ3v) is 0. The van der Waals surface area contributed by atoms with Crippen molar-refractivity contribution in [1.29, 1.82) is 0 Å². The largest absolute Gasteiger partial charge is 1.00 e. The quantitative estimate of drug-likeness (QED) is 0.173. The van der Waals surface area contributed by atoms with Crippen LogP contribution in [-0.2, 0) is 0 Å². The average Bonchev–Trinajstić information content (AvgIpc) is 1.63. The van der Waals surface area contributed by atoms with Gasteiger partial charge in [0.15, 0.2) is 0 Å². The van der Waals surface area contributed by atoms with Crippen LogP contribution in [0, 0.1) is 0 Å². The van der Waals surface area contributed by atoms with Gasteiger partial charge in [-0.1, -0.05) is 0 Å². The average molecular weight is 189 g/mol. The van der Waals surface area contributed by atoms with Gasteiger partial charge in [0.1, 0.15) is 0 Å². The third-order valence-electron chi connectivity index (χ3n) is 0. The molecule has 72 valence electrons. The molecule has 12 heavy (non-hydrogen) atoms. The van der Waals surface area contributed by atoms with Gasteiger partial charge < -0.3 is 10.0 Å². The fraction of sp³-hybridized carbons (Fsp3) is 1.00. The molecule has 0 fully saturated rings. The monoisotopic (exact) mass is 189 g/mol. The van der Waals surface area contributed by atoms with Gasteiger partial charge in [-0.15, -0.1) is 0 Å². The van der Waals surface area contributed by atoms with Crippen molar-refractivity contribution in [3.05, 3.63) is 0 Å². The molecule has 0 heterocycles. The topological polar surface area (TPSA) is 53.5 Å². The van der Waals surface area contributed by atoms with Crippen LogP contribution in [0.25, 0.3) is 0 Å². The zero-order chi connectivity index (χ0) is 10.1. The van der Waals surface area contributed by atoms with Crippen molar-refractivity contribution in [2.45, 2.75) is 0 Å². The maximum absolute atomic E-state index is 8.25. The first-order chi connectivity index (χ1) is 4.73. The smallest absolute Gasteiger partial charge is 0.857 e. The first kappa shape index (κ1) is 23.0. The van der Waals surface area contributed by atoms with E-state index in [1.54, 1.807) is 0 Å². The summed E-state index contributed by atoms with van der Waals surface area (Å²) < 4.78 is 0.500. The molecule has 0 saturated carbocycles. The third kappa shape index (κ3) is 1490. The van der Waals surface area contributed by atoms with E-state index in [2.05, 4.69) is 21.1 Å². The minimum Gasteiger partial charge on any atom is -0.857 e. The summed E-state index contributed by atoms with van der Waals surface area (Å²) in [5, 5.41) is 8.25. The van der Waals surface area contributed by atoms with E-state index in [0.717, 1.165) is 7.11 Å². The molecule has 0 aromatic rings. The fourth-order valence-electron chi connectivity index (χ4n) is 0. The summed E-state index contributed by atoms with van der Waals surface area (Å²) in [4.78, 5) is 1.42. The predicted molar refractivity (Wildman–Crippen MR) is 46.9 cm³/mol. The first-order valence-corrected chi connectivity index (χ1v) is 3.51. The summed E-state index contributed by atoms with van der Waals surface area (Å²) in [6.07, 6.45) is 0. The van der Waals surface area contributed by atoms with E-state index in [1.165, 1.54) is 4.90 Å². The molecule has 5 heteroatoms. The van der Waals surface area contributed by atoms with Gasteiger partial charge in [-0.25, -0.2) is 0 Å². The zero-order valence-corrected chi connectivity index (χ0v) is 11.9. The van der Waals surface area contributed by atoms with E-state index in [-0.39, 0.29) is 29.6 Å². The molecule has 0 aliphatic carbocycles. The Morgan fingerprint density at radius 3 is 1.00 bits per heavy atom. The molecular weight excluding hydrogens is 165 g/mol. The normalized spacial score (nSPS) is 8.50. The molecule has 0 saturated heterocycles. The molecule has 4 nitrogen and oxygen atoms in total. The predicted octanol–water partition coefficient (Wildman–Crippen LogP) is -5.69. The number of hydrogen-bond acceptors (Lipinski definition) is 2. The molecule has 0 amide bonds. The molecule has 0 atom stereocenters. The van der Waals surface area contributed by atoms with Gasteiger partial charge >= 0.3 is 29.6 Å². The van der Waals surface area contributed by atoms with Crippen LogP contribution in [0.5, 0.6) is 0 Å².